The number of aromatic nitrogens is 2. The first-order chi connectivity index (χ1) is 16.5. The van der Waals surface area contributed by atoms with Crippen LogP contribution in [0.4, 0.5) is 0 Å². The van der Waals surface area contributed by atoms with Crippen LogP contribution in [0.3, 0.4) is 0 Å². The van der Waals surface area contributed by atoms with Gasteiger partial charge in [-0.1, -0.05) is 18.4 Å². The molecule has 1 unspecified atom stereocenters. The standard InChI is InChI=1S/C26H33N5O3/c1-17-11-18(2)29-26(33)22(17)14-27-25(32)21-12-19(16-30-7-9-34-10-8-30)13-24-23(21)15-28-31(24)20-5-3-4-6-20/h11-13,15,20,22H,3-10,14,16H2,1-2H3,(H,27,32). The molecule has 1 aromatic heterocycles. The molecule has 1 atom stereocenters. The van der Waals surface area contributed by atoms with Crippen molar-refractivity contribution in [1.29, 1.82) is 0 Å². The van der Waals surface area contributed by atoms with Crippen LogP contribution in [0, 0.1) is 5.92 Å². The lowest BCUT2D eigenvalue weighted by Crippen LogP contribution is -2.36. The predicted molar refractivity (Wildman–Crippen MR) is 131 cm³/mol. The van der Waals surface area contributed by atoms with E-state index >= 15 is 0 Å². The molecule has 2 aliphatic heterocycles. The third kappa shape index (κ3) is 4.70. The molecule has 2 aromatic rings. The number of nitrogens with zero attached hydrogens (tertiary/aromatic N) is 4. The number of fused-ring (bicyclic) bond motifs is 1. The van der Waals surface area contributed by atoms with Crippen molar-refractivity contribution >= 4 is 28.4 Å². The van der Waals surface area contributed by atoms with Crippen LogP contribution in [0.1, 0.15) is 61.5 Å². The monoisotopic (exact) mass is 463 g/mol. The highest BCUT2D eigenvalue weighted by molar-refractivity contribution is 6.08. The topological polar surface area (TPSA) is 88.8 Å². The lowest BCUT2D eigenvalue weighted by Gasteiger charge is -2.27. The average Bonchev–Trinajstić information content (AvgIpc) is 3.48. The first kappa shape index (κ1) is 22.9. The van der Waals surface area contributed by atoms with E-state index in [4.69, 9.17) is 9.84 Å². The number of ether oxygens (including phenoxy) is 1. The first-order valence-electron chi connectivity index (χ1n) is 12.4. The number of dihydropyridines is 1. The number of carbonyl (C=O) groups is 2. The number of hydrogen-bond acceptors (Lipinski definition) is 5. The Labute approximate surface area is 200 Å². The number of morpholine rings is 1. The Morgan fingerprint density at radius 1 is 1.18 bits per heavy atom. The minimum atomic E-state index is -0.416. The molecule has 34 heavy (non-hydrogen) atoms. The Hall–Kier alpha value is -2.84. The van der Waals surface area contributed by atoms with Crippen molar-refractivity contribution in [3.63, 3.8) is 0 Å². The predicted octanol–water partition coefficient (Wildman–Crippen LogP) is 3.28. The molecule has 1 saturated carbocycles. The third-order valence-electron chi connectivity index (χ3n) is 7.24. The normalized spacial score (nSPS) is 22.2. The van der Waals surface area contributed by atoms with Crippen LogP contribution >= 0.6 is 0 Å². The molecule has 0 bridgehead atoms. The zero-order valence-electron chi connectivity index (χ0n) is 20.0. The van der Waals surface area contributed by atoms with Crippen LogP contribution in [0.5, 0.6) is 0 Å². The quantitative estimate of drug-likeness (QED) is 0.710. The van der Waals surface area contributed by atoms with Gasteiger partial charge in [-0.2, -0.15) is 5.10 Å². The fraction of sp³-hybridized carbons (Fsp3) is 0.538. The number of rotatable bonds is 6. The molecular formula is C26H33N5O3. The lowest BCUT2D eigenvalue weighted by molar-refractivity contribution is -0.120. The highest BCUT2D eigenvalue weighted by Crippen LogP contribution is 2.33. The van der Waals surface area contributed by atoms with Gasteiger partial charge in [-0.05, 0) is 50.5 Å². The smallest absolute Gasteiger partial charge is 0.254 e. The van der Waals surface area contributed by atoms with E-state index in [2.05, 4.69) is 26.0 Å². The summed E-state index contributed by atoms with van der Waals surface area (Å²) in [6.45, 7) is 7.98. The van der Waals surface area contributed by atoms with Crippen LogP contribution in [0.15, 0.2) is 35.0 Å². The molecule has 1 aromatic carbocycles. The summed E-state index contributed by atoms with van der Waals surface area (Å²) in [5.41, 5.74) is 4.38. The minimum absolute atomic E-state index is 0.174. The van der Waals surface area contributed by atoms with Gasteiger partial charge in [0.1, 0.15) is 0 Å². The number of benzene rings is 1. The van der Waals surface area contributed by atoms with Crippen LogP contribution in [0.2, 0.25) is 0 Å². The van der Waals surface area contributed by atoms with E-state index in [0.29, 0.717) is 17.3 Å². The highest BCUT2D eigenvalue weighted by Gasteiger charge is 2.26. The fourth-order valence-electron chi connectivity index (χ4n) is 5.39. The maximum atomic E-state index is 13.4. The minimum Gasteiger partial charge on any atom is -0.379 e. The Balaban J connectivity index is 1.43. The average molecular weight is 464 g/mol. The van der Waals surface area contributed by atoms with Crippen LogP contribution in [-0.2, 0) is 16.1 Å². The van der Waals surface area contributed by atoms with Crippen molar-refractivity contribution in [2.45, 2.75) is 52.1 Å². The van der Waals surface area contributed by atoms with Gasteiger partial charge in [0.05, 0.1) is 42.5 Å². The highest BCUT2D eigenvalue weighted by atomic mass is 16.5. The van der Waals surface area contributed by atoms with Gasteiger partial charge >= 0.3 is 0 Å². The van der Waals surface area contributed by atoms with Gasteiger partial charge < -0.3 is 10.1 Å². The maximum Gasteiger partial charge on any atom is 0.254 e. The lowest BCUT2D eigenvalue weighted by atomic mass is 9.95. The fourth-order valence-corrected chi connectivity index (χ4v) is 5.39. The van der Waals surface area contributed by atoms with Gasteiger partial charge in [0, 0.05) is 37.3 Å². The molecule has 2 fully saturated rings. The largest absolute Gasteiger partial charge is 0.379 e. The molecule has 0 spiro atoms. The van der Waals surface area contributed by atoms with E-state index in [-0.39, 0.29) is 18.4 Å². The van der Waals surface area contributed by atoms with Crippen LogP contribution in [0.25, 0.3) is 10.9 Å². The molecule has 3 aliphatic rings. The van der Waals surface area contributed by atoms with Crippen molar-refractivity contribution in [2.75, 3.05) is 32.8 Å². The second-order valence-electron chi connectivity index (χ2n) is 9.73. The summed E-state index contributed by atoms with van der Waals surface area (Å²) in [5, 5.41) is 8.59. The van der Waals surface area contributed by atoms with Gasteiger partial charge in [-0.15, -0.1) is 0 Å². The second kappa shape index (κ2) is 9.80. The Morgan fingerprint density at radius 2 is 1.94 bits per heavy atom. The van der Waals surface area contributed by atoms with Gasteiger partial charge in [-0.3, -0.25) is 19.2 Å². The number of nitrogens with one attached hydrogen (secondary N) is 1. The first-order valence-corrected chi connectivity index (χ1v) is 12.4. The molecule has 0 radical (unpaired) electrons. The van der Waals surface area contributed by atoms with E-state index < -0.39 is 5.92 Å². The molecule has 180 valence electrons. The Kier molecular flexibility index (Phi) is 6.61. The van der Waals surface area contributed by atoms with Crippen molar-refractivity contribution in [2.24, 2.45) is 10.9 Å². The number of hydrogen-bond donors (Lipinski definition) is 1. The van der Waals surface area contributed by atoms with Crippen molar-refractivity contribution in [3.05, 3.63) is 41.1 Å². The van der Waals surface area contributed by atoms with Gasteiger partial charge in [-0.25, -0.2) is 4.99 Å². The van der Waals surface area contributed by atoms with Crippen molar-refractivity contribution < 1.29 is 14.3 Å². The van der Waals surface area contributed by atoms with Crippen LogP contribution in [-0.4, -0.2) is 65.1 Å². The Morgan fingerprint density at radius 3 is 2.68 bits per heavy atom. The third-order valence-corrected chi connectivity index (χ3v) is 7.24. The van der Waals surface area contributed by atoms with E-state index in [0.717, 1.165) is 67.7 Å². The summed E-state index contributed by atoms with van der Waals surface area (Å²) in [6.07, 6.45) is 8.42. The molecule has 1 N–H and O–H groups in total. The van der Waals surface area contributed by atoms with Gasteiger partial charge in [0.2, 0.25) is 0 Å². The summed E-state index contributed by atoms with van der Waals surface area (Å²) >= 11 is 0. The summed E-state index contributed by atoms with van der Waals surface area (Å²) in [5.74, 6) is -0.786. The summed E-state index contributed by atoms with van der Waals surface area (Å²) in [6, 6.07) is 4.57. The zero-order chi connectivity index (χ0) is 23.7. The second-order valence-corrected chi connectivity index (χ2v) is 9.73. The number of aliphatic imine (C=N–C) groups is 1. The molecule has 1 aliphatic carbocycles. The molecule has 8 heteroatoms. The van der Waals surface area contributed by atoms with E-state index in [1.165, 1.54) is 12.8 Å². The molecule has 1 saturated heterocycles. The molecule has 5 rings (SSSR count). The molecule has 3 heterocycles. The van der Waals surface area contributed by atoms with Gasteiger partial charge in [0.25, 0.3) is 11.8 Å². The van der Waals surface area contributed by atoms with E-state index in [1.807, 2.05) is 32.2 Å². The van der Waals surface area contributed by atoms with Crippen molar-refractivity contribution in [1.82, 2.24) is 20.0 Å². The molecule has 2 amide bonds. The van der Waals surface area contributed by atoms with Crippen molar-refractivity contribution in [3.8, 4) is 0 Å². The Bertz CT molecular complexity index is 1150. The SMILES string of the molecule is CC1=CC(C)=NC(=O)C1CNC(=O)c1cc(CN2CCOCC2)cc2c1cnn2C1CCCC1. The number of amides is 2. The van der Waals surface area contributed by atoms with Gasteiger partial charge in [0.15, 0.2) is 0 Å². The van der Waals surface area contributed by atoms with Crippen LogP contribution < -0.4 is 5.32 Å². The molecule has 8 nitrogen and oxygen atoms in total. The summed E-state index contributed by atoms with van der Waals surface area (Å²) < 4.78 is 7.62. The number of carbonyl (C=O) groups excluding carboxylic acids is 2. The number of allylic oxidation sites excluding steroid dienone is 1. The van der Waals surface area contributed by atoms with E-state index in [9.17, 15) is 9.59 Å². The molecular weight excluding hydrogens is 430 g/mol. The maximum absolute atomic E-state index is 13.4. The summed E-state index contributed by atoms with van der Waals surface area (Å²) in [7, 11) is 0. The van der Waals surface area contributed by atoms with E-state index in [1.54, 1.807) is 0 Å². The zero-order valence-corrected chi connectivity index (χ0v) is 20.0. The summed E-state index contributed by atoms with van der Waals surface area (Å²) in [4.78, 5) is 32.2.